The van der Waals surface area contributed by atoms with E-state index in [1.54, 1.807) is 31.2 Å². The molecule has 0 radical (unpaired) electrons. The molecule has 1 rings (SSSR count). The van der Waals surface area contributed by atoms with E-state index in [1.807, 2.05) is 6.92 Å². The van der Waals surface area contributed by atoms with Crippen LogP contribution in [0.15, 0.2) is 24.3 Å². The Morgan fingerprint density at radius 1 is 1.10 bits per heavy atom. The first-order valence-corrected chi connectivity index (χ1v) is 6.55. The number of Topliss-reactive ketones (excluding diaryl/α,β-unsaturated/α-hetero) is 2. The third-order valence-corrected chi connectivity index (χ3v) is 2.47. The summed E-state index contributed by atoms with van der Waals surface area (Å²) in [7, 11) is 0. The van der Waals surface area contributed by atoms with Gasteiger partial charge in [-0.25, -0.2) is 4.79 Å². The number of carbonyl (C=O) groups is 3. The van der Waals surface area contributed by atoms with Gasteiger partial charge in [0.1, 0.15) is 5.75 Å². The van der Waals surface area contributed by atoms with Crippen LogP contribution in [0.2, 0.25) is 0 Å². The molecule has 1 aromatic rings. The molecule has 0 aromatic heterocycles. The summed E-state index contributed by atoms with van der Waals surface area (Å²) < 4.78 is 10.0. The summed E-state index contributed by atoms with van der Waals surface area (Å²) in [6.45, 7) is 4.14. The van der Waals surface area contributed by atoms with Gasteiger partial charge in [-0.15, -0.1) is 0 Å². The van der Waals surface area contributed by atoms with Crippen LogP contribution in [0.4, 0.5) is 0 Å². The van der Waals surface area contributed by atoms with E-state index in [-0.39, 0.29) is 6.61 Å². The zero-order valence-electron chi connectivity index (χ0n) is 11.7. The molecule has 0 aliphatic rings. The molecular formula is C15H18O5. The van der Waals surface area contributed by atoms with Gasteiger partial charge in [-0.1, -0.05) is 19.1 Å². The van der Waals surface area contributed by atoms with E-state index < -0.39 is 24.0 Å². The third kappa shape index (κ3) is 4.50. The Hall–Kier alpha value is -2.17. The number of esters is 1. The maximum absolute atomic E-state index is 12.0. The monoisotopic (exact) mass is 278 g/mol. The minimum Gasteiger partial charge on any atom is -0.493 e. The van der Waals surface area contributed by atoms with Crippen LogP contribution in [0.3, 0.4) is 0 Å². The fourth-order valence-electron chi connectivity index (χ4n) is 1.56. The van der Waals surface area contributed by atoms with Crippen LogP contribution in [0.1, 0.15) is 37.0 Å². The van der Waals surface area contributed by atoms with Crippen molar-refractivity contribution in [1.29, 1.82) is 0 Å². The SMILES string of the molecule is CCCOc1ccccc1C(=O)CC(=O)C(=O)OCC. The molecule has 20 heavy (non-hydrogen) atoms. The van der Waals surface area contributed by atoms with Gasteiger partial charge in [-0.05, 0) is 25.5 Å². The second-order valence-electron chi connectivity index (χ2n) is 4.09. The normalized spacial score (nSPS) is 9.90. The number of ether oxygens (including phenoxy) is 2. The number of rotatable bonds is 8. The van der Waals surface area contributed by atoms with E-state index in [4.69, 9.17) is 4.74 Å². The van der Waals surface area contributed by atoms with Crippen LogP contribution in [0, 0.1) is 0 Å². The molecule has 5 nitrogen and oxygen atoms in total. The number of hydrogen-bond acceptors (Lipinski definition) is 5. The molecule has 108 valence electrons. The van der Waals surface area contributed by atoms with Crippen molar-refractivity contribution in [2.45, 2.75) is 26.7 Å². The number of carbonyl (C=O) groups excluding carboxylic acids is 3. The molecule has 0 amide bonds. The van der Waals surface area contributed by atoms with Gasteiger partial charge in [0, 0.05) is 0 Å². The maximum atomic E-state index is 12.0. The van der Waals surface area contributed by atoms with Crippen molar-refractivity contribution < 1.29 is 23.9 Å². The topological polar surface area (TPSA) is 69.7 Å². The molecule has 1 aromatic carbocycles. The fraction of sp³-hybridized carbons (Fsp3) is 0.400. The molecule has 0 spiro atoms. The summed E-state index contributed by atoms with van der Waals surface area (Å²) in [5, 5.41) is 0. The Labute approximate surface area is 117 Å². The Balaban J connectivity index is 2.77. The lowest BCUT2D eigenvalue weighted by Gasteiger charge is -2.09. The minimum atomic E-state index is -0.979. The molecular weight excluding hydrogens is 260 g/mol. The summed E-state index contributed by atoms with van der Waals surface area (Å²) in [6, 6.07) is 6.67. The first-order chi connectivity index (χ1) is 9.60. The number of hydrogen-bond donors (Lipinski definition) is 0. The Bertz CT molecular complexity index is 493. The van der Waals surface area contributed by atoms with E-state index in [0.717, 1.165) is 6.42 Å². The van der Waals surface area contributed by atoms with Crippen LogP contribution in [-0.4, -0.2) is 30.7 Å². The van der Waals surface area contributed by atoms with E-state index in [1.165, 1.54) is 0 Å². The average molecular weight is 278 g/mol. The van der Waals surface area contributed by atoms with E-state index >= 15 is 0 Å². The summed E-state index contributed by atoms with van der Waals surface area (Å²) in [5.74, 6) is -1.85. The van der Waals surface area contributed by atoms with Gasteiger partial charge in [-0.3, -0.25) is 9.59 Å². The van der Waals surface area contributed by atoms with Crippen molar-refractivity contribution in [3.8, 4) is 5.75 Å². The lowest BCUT2D eigenvalue weighted by molar-refractivity contribution is -0.153. The van der Waals surface area contributed by atoms with Crippen LogP contribution in [0.25, 0.3) is 0 Å². The lowest BCUT2D eigenvalue weighted by Crippen LogP contribution is -2.21. The van der Waals surface area contributed by atoms with Crippen molar-refractivity contribution in [2.75, 3.05) is 13.2 Å². The van der Waals surface area contributed by atoms with E-state index in [0.29, 0.717) is 17.9 Å². The van der Waals surface area contributed by atoms with Crippen LogP contribution in [-0.2, 0) is 14.3 Å². The Morgan fingerprint density at radius 2 is 1.80 bits per heavy atom. The first-order valence-electron chi connectivity index (χ1n) is 6.55. The van der Waals surface area contributed by atoms with Crippen LogP contribution >= 0.6 is 0 Å². The molecule has 0 heterocycles. The molecule has 0 saturated carbocycles. The average Bonchev–Trinajstić information content (AvgIpc) is 2.45. The maximum Gasteiger partial charge on any atom is 0.375 e. The molecule has 0 saturated heterocycles. The molecule has 0 N–H and O–H groups in total. The third-order valence-electron chi connectivity index (χ3n) is 2.47. The number of benzene rings is 1. The fourth-order valence-corrected chi connectivity index (χ4v) is 1.56. The number of para-hydroxylation sites is 1. The number of ketones is 2. The summed E-state index contributed by atoms with van der Waals surface area (Å²) in [4.78, 5) is 34.8. The first kappa shape index (κ1) is 15.9. The molecule has 0 fully saturated rings. The highest BCUT2D eigenvalue weighted by molar-refractivity contribution is 6.38. The second kappa shape index (κ2) is 8.09. The molecule has 0 aliphatic heterocycles. The molecule has 0 atom stereocenters. The van der Waals surface area contributed by atoms with Gasteiger partial charge >= 0.3 is 5.97 Å². The zero-order valence-corrected chi connectivity index (χ0v) is 11.7. The highest BCUT2D eigenvalue weighted by atomic mass is 16.5. The summed E-state index contributed by atoms with van der Waals surface area (Å²) in [5.41, 5.74) is 0.304. The van der Waals surface area contributed by atoms with Crippen molar-refractivity contribution in [1.82, 2.24) is 0 Å². The molecule has 5 heteroatoms. The van der Waals surface area contributed by atoms with Gasteiger partial charge < -0.3 is 9.47 Å². The lowest BCUT2D eigenvalue weighted by atomic mass is 10.0. The minimum absolute atomic E-state index is 0.106. The zero-order chi connectivity index (χ0) is 15.0. The summed E-state index contributed by atoms with van der Waals surface area (Å²) in [6.07, 6.45) is 0.301. The second-order valence-corrected chi connectivity index (χ2v) is 4.09. The van der Waals surface area contributed by atoms with Gasteiger partial charge in [0.15, 0.2) is 5.78 Å². The molecule has 0 aliphatic carbocycles. The van der Waals surface area contributed by atoms with E-state index in [2.05, 4.69) is 4.74 Å². The van der Waals surface area contributed by atoms with Crippen molar-refractivity contribution in [3.63, 3.8) is 0 Å². The van der Waals surface area contributed by atoms with Gasteiger partial charge in [0.05, 0.1) is 25.2 Å². The molecule has 0 bridgehead atoms. The predicted molar refractivity (Wildman–Crippen MR) is 72.8 cm³/mol. The van der Waals surface area contributed by atoms with E-state index in [9.17, 15) is 14.4 Å². The standard InChI is InChI=1S/C15H18O5/c1-3-9-20-14-8-6-5-7-11(14)12(16)10-13(17)15(18)19-4-2/h5-8H,3-4,9-10H2,1-2H3. The van der Waals surface area contributed by atoms with Gasteiger partial charge in [0.25, 0.3) is 0 Å². The Kier molecular flexibility index (Phi) is 6.43. The van der Waals surface area contributed by atoms with Crippen molar-refractivity contribution in [3.05, 3.63) is 29.8 Å². The molecule has 0 unspecified atom stereocenters. The van der Waals surface area contributed by atoms with Crippen LogP contribution in [0.5, 0.6) is 5.75 Å². The van der Waals surface area contributed by atoms with Crippen molar-refractivity contribution >= 4 is 17.5 Å². The smallest absolute Gasteiger partial charge is 0.375 e. The Morgan fingerprint density at radius 3 is 2.45 bits per heavy atom. The quantitative estimate of drug-likeness (QED) is 0.315. The van der Waals surface area contributed by atoms with Gasteiger partial charge in [-0.2, -0.15) is 0 Å². The predicted octanol–water partition coefficient (Wildman–Crippen LogP) is 2.18. The largest absolute Gasteiger partial charge is 0.493 e. The summed E-state index contributed by atoms with van der Waals surface area (Å²) >= 11 is 0. The highest BCUT2D eigenvalue weighted by Crippen LogP contribution is 2.20. The van der Waals surface area contributed by atoms with Crippen LogP contribution < -0.4 is 4.74 Å². The highest BCUT2D eigenvalue weighted by Gasteiger charge is 2.21. The van der Waals surface area contributed by atoms with Crippen molar-refractivity contribution in [2.24, 2.45) is 0 Å². The van der Waals surface area contributed by atoms with Gasteiger partial charge in [0.2, 0.25) is 5.78 Å².